The van der Waals surface area contributed by atoms with Crippen LogP contribution in [0.5, 0.6) is 0 Å². The Labute approximate surface area is 123 Å². The van der Waals surface area contributed by atoms with Crippen LogP contribution in [0.3, 0.4) is 0 Å². The van der Waals surface area contributed by atoms with Gasteiger partial charge in [-0.15, -0.1) is 0 Å². The minimum absolute atomic E-state index is 0.120. The fourth-order valence-electron chi connectivity index (χ4n) is 2.16. The van der Waals surface area contributed by atoms with Crippen molar-refractivity contribution in [2.24, 2.45) is 0 Å². The molecule has 0 spiro atoms. The summed E-state index contributed by atoms with van der Waals surface area (Å²) in [4.78, 5) is 0. The van der Waals surface area contributed by atoms with Gasteiger partial charge in [-0.1, -0.05) is 45.0 Å². The molecule has 0 aliphatic carbocycles. The predicted octanol–water partition coefficient (Wildman–Crippen LogP) is 3.11. The molecule has 2 atom stereocenters. The van der Waals surface area contributed by atoms with Crippen molar-refractivity contribution in [2.75, 3.05) is 12.3 Å². The summed E-state index contributed by atoms with van der Waals surface area (Å²) in [6, 6.07) is 8.12. The lowest BCUT2D eigenvalue weighted by Gasteiger charge is -2.21. The standard InChI is InChI=1S/C16H27NO2S/c1-5-13(4)20(18,19)12-16(17-7-3)15-10-8-14(6-2)9-11-15/h8-11,13,16-17H,5-7,12H2,1-4H3. The number of rotatable bonds is 8. The summed E-state index contributed by atoms with van der Waals surface area (Å²) in [6.07, 6.45) is 1.66. The van der Waals surface area contributed by atoms with Gasteiger partial charge in [-0.25, -0.2) is 8.42 Å². The largest absolute Gasteiger partial charge is 0.309 e. The Morgan fingerprint density at radius 2 is 1.70 bits per heavy atom. The second kappa shape index (κ2) is 7.79. The van der Waals surface area contributed by atoms with Crippen molar-refractivity contribution in [2.45, 2.75) is 51.8 Å². The second-order valence-corrected chi connectivity index (χ2v) is 7.72. The maximum atomic E-state index is 12.3. The van der Waals surface area contributed by atoms with Crippen molar-refractivity contribution in [3.63, 3.8) is 0 Å². The van der Waals surface area contributed by atoms with Crippen LogP contribution in [0.25, 0.3) is 0 Å². The van der Waals surface area contributed by atoms with Gasteiger partial charge in [0.15, 0.2) is 9.84 Å². The monoisotopic (exact) mass is 297 g/mol. The average Bonchev–Trinajstić information content (AvgIpc) is 2.45. The first-order valence-electron chi connectivity index (χ1n) is 7.48. The van der Waals surface area contributed by atoms with Crippen LogP contribution in [0, 0.1) is 0 Å². The molecule has 0 radical (unpaired) electrons. The zero-order chi connectivity index (χ0) is 15.2. The Balaban J connectivity index is 2.93. The molecule has 0 amide bonds. The summed E-state index contributed by atoms with van der Waals surface area (Å²) in [7, 11) is -3.06. The maximum absolute atomic E-state index is 12.3. The van der Waals surface area contributed by atoms with Crippen molar-refractivity contribution in [3.8, 4) is 0 Å². The molecule has 20 heavy (non-hydrogen) atoms. The quantitative estimate of drug-likeness (QED) is 0.802. The summed E-state index contributed by atoms with van der Waals surface area (Å²) < 4.78 is 24.6. The lowest BCUT2D eigenvalue weighted by molar-refractivity contribution is 0.549. The molecule has 0 saturated heterocycles. The van der Waals surface area contributed by atoms with E-state index in [-0.39, 0.29) is 17.0 Å². The Bertz CT molecular complexity index is 494. The van der Waals surface area contributed by atoms with Crippen LogP contribution in [0.1, 0.15) is 51.3 Å². The lowest BCUT2D eigenvalue weighted by Crippen LogP contribution is -2.32. The first-order chi connectivity index (χ1) is 9.44. The topological polar surface area (TPSA) is 46.2 Å². The smallest absolute Gasteiger partial charge is 0.154 e. The molecule has 3 nitrogen and oxygen atoms in total. The summed E-state index contributed by atoms with van der Waals surface area (Å²) in [5.41, 5.74) is 2.32. The zero-order valence-electron chi connectivity index (χ0n) is 13.0. The van der Waals surface area contributed by atoms with E-state index in [0.29, 0.717) is 6.42 Å². The van der Waals surface area contributed by atoms with Gasteiger partial charge < -0.3 is 5.32 Å². The number of sulfone groups is 1. The molecular formula is C16H27NO2S. The van der Waals surface area contributed by atoms with Crippen LogP contribution in [0.2, 0.25) is 0 Å². The Morgan fingerprint density at radius 1 is 1.10 bits per heavy atom. The fraction of sp³-hybridized carbons (Fsp3) is 0.625. The highest BCUT2D eigenvalue weighted by Gasteiger charge is 2.24. The average molecular weight is 297 g/mol. The third-order valence-electron chi connectivity index (χ3n) is 3.83. The van der Waals surface area contributed by atoms with E-state index in [1.165, 1.54) is 5.56 Å². The maximum Gasteiger partial charge on any atom is 0.154 e. The summed E-state index contributed by atoms with van der Waals surface area (Å²) in [6.45, 7) is 8.59. The number of benzene rings is 1. The third kappa shape index (κ3) is 4.60. The number of nitrogens with one attached hydrogen (secondary N) is 1. The van der Waals surface area contributed by atoms with Gasteiger partial charge in [-0.2, -0.15) is 0 Å². The molecule has 0 aliphatic heterocycles. The van der Waals surface area contributed by atoms with E-state index < -0.39 is 9.84 Å². The second-order valence-electron chi connectivity index (χ2n) is 5.25. The highest BCUT2D eigenvalue weighted by molar-refractivity contribution is 7.92. The molecular weight excluding hydrogens is 270 g/mol. The fourth-order valence-corrected chi connectivity index (χ4v) is 3.77. The van der Waals surface area contributed by atoms with E-state index >= 15 is 0 Å². The van der Waals surface area contributed by atoms with E-state index in [1.807, 2.05) is 26.0 Å². The molecule has 0 heterocycles. The molecule has 0 fully saturated rings. The zero-order valence-corrected chi connectivity index (χ0v) is 13.8. The van der Waals surface area contributed by atoms with Crippen molar-refractivity contribution < 1.29 is 8.42 Å². The summed E-state index contributed by atoms with van der Waals surface area (Å²) in [5, 5.41) is 3.01. The Kier molecular flexibility index (Phi) is 6.69. The van der Waals surface area contributed by atoms with Gasteiger partial charge in [0.2, 0.25) is 0 Å². The predicted molar refractivity (Wildman–Crippen MR) is 85.8 cm³/mol. The molecule has 0 saturated carbocycles. The van der Waals surface area contributed by atoms with Crippen molar-refractivity contribution in [3.05, 3.63) is 35.4 Å². The molecule has 1 N–H and O–H groups in total. The molecule has 1 rings (SSSR count). The molecule has 114 valence electrons. The van der Waals surface area contributed by atoms with E-state index in [2.05, 4.69) is 24.4 Å². The van der Waals surface area contributed by atoms with Crippen LogP contribution in [0.4, 0.5) is 0 Å². The molecule has 0 aliphatic rings. The van der Waals surface area contributed by atoms with Gasteiger partial charge in [0.25, 0.3) is 0 Å². The SMILES string of the molecule is CCNC(CS(=O)(=O)C(C)CC)c1ccc(CC)cc1. The van der Waals surface area contributed by atoms with Crippen LogP contribution in [-0.2, 0) is 16.3 Å². The molecule has 0 bridgehead atoms. The van der Waals surface area contributed by atoms with Gasteiger partial charge in [0.1, 0.15) is 0 Å². The Morgan fingerprint density at radius 3 is 2.15 bits per heavy atom. The van der Waals surface area contributed by atoms with E-state index in [9.17, 15) is 8.42 Å². The number of aryl methyl sites for hydroxylation is 1. The van der Waals surface area contributed by atoms with Crippen LogP contribution < -0.4 is 5.32 Å². The van der Waals surface area contributed by atoms with Crippen molar-refractivity contribution >= 4 is 9.84 Å². The first kappa shape index (κ1) is 17.2. The molecule has 1 aromatic carbocycles. The molecule has 1 aromatic rings. The normalized spacial score (nSPS) is 15.0. The van der Waals surface area contributed by atoms with Gasteiger partial charge in [0.05, 0.1) is 11.0 Å². The van der Waals surface area contributed by atoms with Crippen LogP contribution in [-0.4, -0.2) is 26.0 Å². The van der Waals surface area contributed by atoms with Crippen molar-refractivity contribution in [1.29, 1.82) is 0 Å². The highest BCUT2D eigenvalue weighted by Crippen LogP contribution is 2.19. The van der Waals surface area contributed by atoms with Crippen molar-refractivity contribution in [1.82, 2.24) is 5.32 Å². The summed E-state index contributed by atoms with van der Waals surface area (Å²) in [5.74, 6) is 0.168. The molecule has 0 aromatic heterocycles. The number of hydrogen-bond donors (Lipinski definition) is 1. The first-order valence-corrected chi connectivity index (χ1v) is 9.19. The minimum Gasteiger partial charge on any atom is -0.309 e. The van der Waals surface area contributed by atoms with Gasteiger partial charge in [-0.3, -0.25) is 0 Å². The van der Waals surface area contributed by atoms with Gasteiger partial charge in [0, 0.05) is 6.04 Å². The van der Waals surface area contributed by atoms with Crippen LogP contribution >= 0.6 is 0 Å². The minimum atomic E-state index is -3.06. The molecule has 2 unspecified atom stereocenters. The van der Waals surface area contributed by atoms with E-state index in [1.54, 1.807) is 6.92 Å². The van der Waals surface area contributed by atoms with Crippen LogP contribution in [0.15, 0.2) is 24.3 Å². The molecule has 4 heteroatoms. The summed E-state index contributed by atoms with van der Waals surface area (Å²) >= 11 is 0. The van der Waals surface area contributed by atoms with E-state index in [4.69, 9.17) is 0 Å². The number of hydrogen-bond acceptors (Lipinski definition) is 3. The lowest BCUT2D eigenvalue weighted by atomic mass is 10.0. The Hall–Kier alpha value is -0.870. The highest BCUT2D eigenvalue weighted by atomic mass is 32.2. The van der Waals surface area contributed by atoms with Gasteiger partial charge in [-0.05, 0) is 37.4 Å². The van der Waals surface area contributed by atoms with E-state index in [0.717, 1.165) is 18.5 Å². The third-order valence-corrected chi connectivity index (χ3v) is 6.19. The van der Waals surface area contributed by atoms with Gasteiger partial charge >= 0.3 is 0 Å².